The summed E-state index contributed by atoms with van der Waals surface area (Å²) in [6.45, 7) is 2.12. The Morgan fingerprint density at radius 2 is 2.36 bits per heavy atom. The largest absolute Gasteiger partial charge is 0.322 e. The molecule has 2 heterocycles. The van der Waals surface area contributed by atoms with Crippen molar-refractivity contribution in [2.45, 2.75) is 43.9 Å². The van der Waals surface area contributed by atoms with Crippen LogP contribution in [-0.2, 0) is 4.79 Å². The Labute approximate surface area is 88.6 Å². The number of rotatable bonds is 1. The molecule has 3 rings (SSSR count). The summed E-state index contributed by atoms with van der Waals surface area (Å²) in [4.78, 5) is 14.2. The molecular formula is C10H16N2OS. The van der Waals surface area contributed by atoms with Crippen LogP contribution in [0, 0.1) is 0 Å². The van der Waals surface area contributed by atoms with Gasteiger partial charge in [0.05, 0.1) is 11.7 Å². The van der Waals surface area contributed by atoms with E-state index in [1.165, 1.54) is 12.2 Å². The van der Waals surface area contributed by atoms with Crippen molar-refractivity contribution in [3.63, 3.8) is 0 Å². The van der Waals surface area contributed by atoms with Gasteiger partial charge in [-0.2, -0.15) is 11.8 Å². The number of nitrogens with one attached hydrogen (secondary N) is 1. The monoisotopic (exact) mass is 212 g/mol. The van der Waals surface area contributed by atoms with Gasteiger partial charge in [0.25, 0.3) is 0 Å². The molecule has 1 saturated carbocycles. The molecule has 2 saturated heterocycles. The highest BCUT2D eigenvalue weighted by Gasteiger charge is 2.59. The third-order valence-electron chi connectivity index (χ3n) is 3.60. The lowest BCUT2D eigenvalue weighted by molar-refractivity contribution is -0.132. The quantitative estimate of drug-likeness (QED) is 0.698. The molecule has 3 aliphatic rings. The molecule has 78 valence electrons. The normalized spacial score (nSPS) is 39.8. The first-order valence-electron chi connectivity index (χ1n) is 5.41. The maximum Gasteiger partial charge on any atom is 0.244 e. The molecule has 4 heteroatoms. The van der Waals surface area contributed by atoms with Crippen molar-refractivity contribution in [3.05, 3.63) is 0 Å². The fourth-order valence-electron chi connectivity index (χ4n) is 2.66. The zero-order chi connectivity index (χ0) is 9.76. The van der Waals surface area contributed by atoms with E-state index in [1.807, 2.05) is 11.8 Å². The second-order valence-corrected chi connectivity index (χ2v) is 5.78. The van der Waals surface area contributed by atoms with Crippen LogP contribution in [0.25, 0.3) is 0 Å². The van der Waals surface area contributed by atoms with E-state index in [4.69, 9.17) is 0 Å². The van der Waals surface area contributed by atoms with Gasteiger partial charge in [-0.3, -0.25) is 10.1 Å². The summed E-state index contributed by atoms with van der Waals surface area (Å²) < 4.78 is 0. The minimum Gasteiger partial charge on any atom is -0.322 e. The van der Waals surface area contributed by atoms with Gasteiger partial charge in [-0.1, -0.05) is 0 Å². The molecule has 1 aliphatic carbocycles. The number of hydrogen-bond donors (Lipinski definition) is 1. The zero-order valence-corrected chi connectivity index (χ0v) is 9.27. The van der Waals surface area contributed by atoms with Crippen molar-refractivity contribution in [1.29, 1.82) is 0 Å². The Balaban J connectivity index is 1.81. The van der Waals surface area contributed by atoms with Crippen LogP contribution < -0.4 is 5.32 Å². The van der Waals surface area contributed by atoms with E-state index >= 15 is 0 Å². The third-order valence-corrected chi connectivity index (χ3v) is 4.74. The number of amides is 1. The number of carbonyl (C=O) groups is 1. The fraction of sp³-hybridized carbons (Fsp3) is 0.900. The van der Waals surface area contributed by atoms with Crippen LogP contribution in [-0.4, -0.2) is 40.1 Å². The van der Waals surface area contributed by atoms with Gasteiger partial charge in [-0.05, 0) is 31.9 Å². The molecule has 1 N–H and O–H groups in total. The Bertz CT molecular complexity index is 271. The summed E-state index contributed by atoms with van der Waals surface area (Å²) in [7, 11) is 0. The molecule has 0 bridgehead atoms. The molecule has 14 heavy (non-hydrogen) atoms. The highest BCUT2D eigenvalue weighted by atomic mass is 32.2. The van der Waals surface area contributed by atoms with Crippen molar-refractivity contribution < 1.29 is 4.79 Å². The summed E-state index contributed by atoms with van der Waals surface area (Å²) in [6.07, 6.45) is 3.53. The Hall–Kier alpha value is -0.220. The van der Waals surface area contributed by atoms with Crippen LogP contribution in [0.2, 0.25) is 0 Å². The highest BCUT2D eigenvalue weighted by molar-refractivity contribution is 7.99. The average Bonchev–Trinajstić information content (AvgIpc) is 2.65. The van der Waals surface area contributed by atoms with Crippen molar-refractivity contribution >= 4 is 17.7 Å². The first kappa shape index (κ1) is 9.04. The molecule has 0 aromatic heterocycles. The van der Waals surface area contributed by atoms with E-state index in [0.29, 0.717) is 11.9 Å². The first-order valence-corrected chi connectivity index (χ1v) is 6.57. The second-order valence-electron chi connectivity index (χ2n) is 4.63. The number of hydrogen-bond acceptors (Lipinski definition) is 3. The van der Waals surface area contributed by atoms with Crippen LogP contribution in [0.1, 0.15) is 26.2 Å². The van der Waals surface area contributed by atoms with Crippen molar-refractivity contribution in [3.8, 4) is 0 Å². The summed E-state index contributed by atoms with van der Waals surface area (Å²) in [5, 5.41) is 3.45. The molecular weight excluding hydrogens is 196 g/mol. The van der Waals surface area contributed by atoms with E-state index in [2.05, 4.69) is 17.1 Å². The zero-order valence-electron chi connectivity index (χ0n) is 8.45. The van der Waals surface area contributed by atoms with Gasteiger partial charge in [-0.15, -0.1) is 0 Å². The molecule has 3 nitrogen and oxygen atoms in total. The molecule has 2 unspecified atom stereocenters. The maximum absolute atomic E-state index is 12.1. The summed E-state index contributed by atoms with van der Waals surface area (Å²) in [6, 6.07) is 0.495. The van der Waals surface area contributed by atoms with Crippen molar-refractivity contribution in [2.75, 3.05) is 11.5 Å². The van der Waals surface area contributed by atoms with E-state index in [-0.39, 0.29) is 11.7 Å². The van der Waals surface area contributed by atoms with Gasteiger partial charge >= 0.3 is 0 Å². The number of carbonyl (C=O) groups excluding carboxylic acids is 1. The summed E-state index contributed by atoms with van der Waals surface area (Å²) >= 11 is 1.97. The van der Waals surface area contributed by atoms with Crippen LogP contribution >= 0.6 is 11.8 Å². The van der Waals surface area contributed by atoms with Crippen LogP contribution in [0.15, 0.2) is 0 Å². The maximum atomic E-state index is 12.1. The van der Waals surface area contributed by atoms with Crippen LogP contribution in [0.5, 0.6) is 0 Å². The average molecular weight is 212 g/mol. The number of nitrogens with zero attached hydrogens (tertiary/aromatic N) is 1. The minimum atomic E-state index is -0.118. The van der Waals surface area contributed by atoms with E-state index in [9.17, 15) is 4.79 Å². The first-order chi connectivity index (χ1) is 6.73. The van der Waals surface area contributed by atoms with Crippen molar-refractivity contribution in [1.82, 2.24) is 10.2 Å². The molecule has 0 aromatic carbocycles. The standard InChI is InChI=1S/C10H16N2OS/c1-7-11-10(3-4-10)9(13)12(7)8-2-5-14-6-8/h7-8,11H,2-6H2,1H3. The van der Waals surface area contributed by atoms with Gasteiger partial charge in [-0.25, -0.2) is 0 Å². The van der Waals surface area contributed by atoms with Gasteiger partial charge in [0, 0.05) is 11.8 Å². The Kier molecular flexibility index (Phi) is 1.86. The van der Waals surface area contributed by atoms with Crippen LogP contribution in [0.3, 0.4) is 0 Å². The second kappa shape index (κ2) is 2.89. The lowest BCUT2D eigenvalue weighted by Gasteiger charge is -2.27. The minimum absolute atomic E-state index is 0.118. The van der Waals surface area contributed by atoms with Gasteiger partial charge in [0.2, 0.25) is 5.91 Å². The predicted octanol–water partition coefficient (Wildman–Crippen LogP) is 0.802. The summed E-state index contributed by atoms with van der Waals surface area (Å²) in [5.41, 5.74) is -0.118. The lowest BCUT2D eigenvalue weighted by atomic mass is 10.2. The van der Waals surface area contributed by atoms with Gasteiger partial charge < -0.3 is 4.90 Å². The SMILES string of the molecule is CC1NC2(CC2)C(=O)N1C1CCSC1. The van der Waals surface area contributed by atoms with Gasteiger partial charge in [0.1, 0.15) is 0 Å². The lowest BCUT2D eigenvalue weighted by Crippen LogP contribution is -2.43. The molecule has 3 fully saturated rings. The Morgan fingerprint density at radius 3 is 2.86 bits per heavy atom. The Morgan fingerprint density at radius 1 is 1.57 bits per heavy atom. The molecule has 0 radical (unpaired) electrons. The van der Waals surface area contributed by atoms with Gasteiger partial charge in [0.15, 0.2) is 0 Å². The molecule has 1 amide bonds. The highest BCUT2D eigenvalue weighted by Crippen LogP contribution is 2.43. The van der Waals surface area contributed by atoms with E-state index in [1.54, 1.807) is 0 Å². The number of thioether (sulfide) groups is 1. The summed E-state index contributed by atoms with van der Waals surface area (Å²) in [5.74, 6) is 2.72. The predicted molar refractivity (Wildman–Crippen MR) is 57.1 cm³/mol. The molecule has 2 aliphatic heterocycles. The molecule has 0 aromatic rings. The fourth-order valence-corrected chi connectivity index (χ4v) is 3.87. The third kappa shape index (κ3) is 1.13. The van der Waals surface area contributed by atoms with E-state index < -0.39 is 0 Å². The topological polar surface area (TPSA) is 32.3 Å². The van der Waals surface area contributed by atoms with E-state index in [0.717, 1.165) is 18.6 Å². The molecule has 2 atom stereocenters. The van der Waals surface area contributed by atoms with Crippen LogP contribution in [0.4, 0.5) is 0 Å². The van der Waals surface area contributed by atoms with Crippen molar-refractivity contribution in [2.24, 2.45) is 0 Å². The molecule has 1 spiro atoms. The smallest absolute Gasteiger partial charge is 0.244 e.